The zero-order valence-corrected chi connectivity index (χ0v) is 13.8. The highest BCUT2D eigenvalue weighted by Crippen LogP contribution is 2.35. The molecular formula is C17H18BrFO2. The van der Waals surface area contributed by atoms with E-state index in [9.17, 15) is 9.50 Å². The fraction of sp³-hybridized carbons (Fsp3) is 0.294. The van der Waals surface area contributed by atoms with Gasteiger partial charge in [-0.25, -0.2) is 4.39 Å². The van der Waals surface area contributed by atoms with Gasteiger partial charge in [0.15, 0.2) is 0 Å². The summed E-state index contributed by atoms with van der Waals surface area (Å²) < 4.78 is 20.2. The Morgan fingerprint density at radius 1 is 1.00 bits per heavy atom. The minimum absolute atomic E-state index is 0.285. The normalized spacial score (nSPS) is 12.5. The molecular weight excluding hydrogens is 335 g/mol. The summed E-state index contributed by atoms with van der Waals surface area (Å²) in [6.45, 7) is 5.75. The van der Waals surface area contributed by atoms with E-state index in [1.165, 1.54) is 12.1 Å². The van der Waals surface area contributed by atoms with Crippen molar-refractivity contribution in [3.63, 3.8) is 0 Å². The van der Waals surface area contributed by atoms with Gasteiger partial charge >= 0.3 is 0 Å². The maximum absolute atomic E-state index is 13.3. The van der Waals surface area contributed by atoms with Gasteiger partial charge in [-0.05, 0) is 54.8 Å². The van der Waals surface area contributed by atoms with E-state index < -0.39 is 11.9 Å². The Morgan fingerprint density at radius 3 is 2.24 bits per heavy atom. The van der Waals surface area contributed by atoms with E-state index in [0.29, 0.717) is 17.1 Å². The maximum Gasteiger partial charge on any atom is 0.133 e. The van der Waals surface area contributed by atoms with Crippen molar-refractivity contribution in [3.05, 3.63) is 57.8 Å². The Balaban J connectivity index is 2.43. The fourth-order valence-corrected chi connectivity index (χ4v) is 2.50. The monoisotopic (exact) mass is 352 g/mol. The van der Waals surface area contributed by atoms with Crippen molar-refractivity contribution >= 4 is 15.9 Å². The number of ether oxygens (including phenoxy) is 1. The largest absolute Gasteiger partial charge is 0.457 e. The molecule has 1 N–H and O–H groups in total. The minimum atomic E-state index is -0.798. The van der Waals surface area contributed by atoms with Crippen molar-refractivity contribution < 1.29 is 14.2 Å². The van der Waals surface area contributed by atoms with E-state index in [-0.39, 0.29) is 5.92 Å². The molecule has 2 aromatic rings. The molecule has 0 aliphatic carbocycles. The Kier molecular flexibility index (Phi) is 5.01. The molecule has 1 atom stereocenters. The lowest BCUT2D eigenvalue weighted by atomic mass is 10.0. The number of aliphatic hydroxyl groups excluding tert-OH is 1. The number of rotatable bonds is 4. The highest BCUT2D eigenvalue weighted by atomic mass is 79.9. The SMILES string of the molecule is CC(C)c1cc(Br)ccc1Oc1ccc(F)cc1[C@@H](C)O. The van der Waals surface area contributed by atoms with Crippen LogP contribution in [0.2, 0.25) is 0 Å². The van der Waals surface area contributed by atoms with Crippen molar-refractivity contribution in [3.8, 4) is 11.5 Å². The molecule has 0 aromatic heterocycles. The van der Waals surface area contributed by atoms with Gasteiger partial charge in [0.25, 0.3) is 0 Å². The first kappa shape index (κ1) is 16.0. The summed E-state index contributed by atoms with van der Waals surface area (Å²) in [5, 5.41) is 9.78. The van der Waals surface area contributed by atoms with Crippen molar-refractivity contribution in [1.82, 2.24) is 0 Å². The first-order valence-electron chi connectivity index (χ1n) is 6.83. The molecule has 0 unspecified atom stereocenters. The second-order valence-electron chi connectivity index (χ2n) is 5.30. The van der Waals surface area contributed by atoms with E-state index in [1.54, 1.807) is 13.0 Å². The second kappa shape index (κ2) is 6.58. The molecule has 0 radical (unpaired) electrons. The van der Waals surface area contributed by atoms with Crippen LogP contribution in [0.5, 0.6) is 11.5 Å². The zero-order valence-electron chi connectivity index (χ0n) is 12.2. The summed E-state index contributed by atoms with van der Waals surface area (Å²) in [5.41, 5.74) is 1.48. The predicted molar refractivity (Wildman–Crippen MR) is 85.3 cm³/mol. The van der Waals surface area contributed by atoms with Crippen LogP contribution in [0.15, 0.2) is 40.9 Å². The Hall–Kier alpha value is -1.39. The molecule has 0 aliphatic heterocycles. The lowest BCUT2D eigenvalue weighted by Crippen LogP contribution is -1.99. The van der Waals surface area contributed by atoms with Gasteiger partial charge in [-0.3, -0.25) is 0 Å². The molecule has 0 fully saturated rings. The molecule has 0 saturated carbocycles. The molecule has 2 aromatic carbocycles. The summed E-state index contributed by atoms with van der Waals surface area (Å²) in [7, 11) is 0. The topological polar surface area (TPSA) is 29.5 Å². The van der Waals surface area contributed by atoms with Crippen molar-refractivity contribution in [1.29, 1.82) is 0 Å². The van der Waals surface area contributed by atoms with Crippen molar-refractivity contribution in [2.45, 2.75) is 32.8 Å². The molecule has 112 valence electrons. The van der Waals surface area contributed by atoms with Gasteiger partial charge in [-0.1, -0.05) is 29.8 Å². The second-order valence-corrected chi connectivity index (χ2v) is 6.21. The van der Waals surface area contributed by atoms with Crippen LogP contribution in [0, 0.1) is 5.82 Å². The van der Waals surface area contributed by atoms with Crippen LogP contribution in [0.3, 0.4) is 0 Å². The smallest absolute Gasteiger partial charge is 0.133 e. The van der Waals surface area contributed by atoms with E-state index in [1.807, 2.05) is 18.2 Å². The lowest BCUT2D eigenvalue weighted by molar-refractivity contribution is 0.195. The average Bonchev–Trinajstić information content (AvgIpc) is 2.42. The van der Waals surface area contributed by atoms with Crippen LogP contribution in [-0.4, -0.2) is 5.11 Å². The van der Waals surface area contributed by atoms with Crippen molar-refractivity contribution in [2.24, 2.45) is 0 Å². The molecule has 0 bridgehead atoms. The van der Waals surface area contributed by atoms with Gasteiger partial charge in [-0.15, -0.1) is 0 Å². The standard InChI is InChI=1S/C17H18BrFO2/c1-10(2)14-8-12(18)4-6-16(14)21-17-7-5-13(19)9-15(17)11(3)20/h4-11,20H,1-3H3/t11-/m1/s1. The van der Waals surface area contributed by atoms with Gasteiger partial charge < -0.3 is 9.84 Å². The summed E-state index contributed by atoms with van der Waals surface area (Å²) >= 11 is 3.45. The third kappa shape index (κ3) is 3.83. The number of hydrogen-bond acceptors (Lipinski definition) is 2. The fourth-order valence-electron chi connectivity index (χ4n) is 2.12. The molecule has 0 amide bonds. The zero-order chi connectivity index (χ0) is 15.6. The molecule has 4 heteroatoms. The predicted octanol–water partition coefficient (Wildman–Crippen LogP) is 5.56. The summed E-state index contributed by atoms with van der Waals surface area (Å²) in [4.78, 5) is 0. The summed E-state index contributed by atoms with van der Waals surface area (Å²) in [6, 6.07) is 9.94. The number of benzene rings is 2. The van der Waals surface area contributed by atoms with Crippen LogP contribution in [0.4, 0.5) is 4.39 Å². The molecule has 0 heterocycles. The van der Waals surface area contributed by atoms with E-state index in [2.05, 4.69) is 29.8 Å². The lowest BCUT2D eigenvalue weighted by Gasteiger charge is -2.17. The molecule has 0 spiro atoms. The van der Waals surface area contributed by atoms with E-state index in [0.717, 1.165) is 10.0 Å². The average molecular weight is 353 g/mol. The maximum atomic E-state index is 13.3. The number of hydrogen-bond donors (Lipinski definition) is 1. The van der Waals surface area contributed by atoms with Crippen molar-refractivity contribution in [2.75, 3.05) is 0 Å². The van der Waals surface area contributed by atoms with Crippen LogP contribution in [0.1, 0.15) is 43.9 Å². The Bertz CT molecular complexity index is 583. The van der Waals surface area contributed by atoms with Gasteiger partial charge in [0, 0.05) is 10.0 Å². The highest BCUT2D eigenvalue weighted by Gasteiger charge is 2.14. The molecule has 0 saturated heterocycles. The Morgan fingerprint density at radius 2 is 1.62 bits per heavy atom. The van der Waals surface area contributed by atoms with E-state index in [4.69, 9.17) is 4.74 Å². The van der Waals surface area contributed by atoms with Gasteiger partial charge in [0.2, 0.25) is 0 Å². The third-order valence-corrected chi connectivity index (χ3v) is 3.73. The summed E-state index contributed by atoms with van der Waals surface area (Å²) in [5.74, 6) is 1.07. The summed E-state index contributed by atoms with van der Waals surface area (Å²) in [6.07, 6.45) is -0.798. The molecule has 2 rings (SSSR count). The number of halogens is 2. The van der Waals surface area contributed by atoms with Crippen LogP contribution in [0.25, 0.3) is 0 Å². The highest BCUT2D eigenvalue weighted by molar-refractivity contribution is 9.10. The van der Waals surface area contributed by atoms with Gasteiger partial charge in [-0.2, -0.15) is 0 Å². The quantitative estimate of drug-likeness (QED) is 0.780. The molecule has 0 aliphatic rings. The molecule has 21 heavy (non-hydrogen) atoms. The molecule has 2 nitrogen and oxygen atoms in total. The number of aliphatic hydroxyl groups is 1. The van der Waals surface area contributed by atoms with Gasteiger partial charge in [0.05, 0.1) is 6.10 Å². The first-order chi connectivity index (χ1) is 9.88. The Labute approximate surface area is 132 Å². The van der Waals surface area contributed by atoms with Gasteiger partial charge in [0.1, 0.15) is 17.3 Å². The minimum Gasteiger partial charge on any atom is -0.457 e. The van der Waals surface area contributed by atoms with E-state index >= 15 is 0 Å². The van der Waals surface area contributed by atoms with Crippen LogP contribution in [-0.2, 0) is 0 Å². The first-order valence-corrected chi connectivity index (χ1v) is 7.62. The van der Waals surface area contributed by atoms with Crippen LogP contribution >= 0.6 is 15.9 Å². The third-order valence-electron chi connectivity index (χ3n) is 3.24. The van der Waals surface area contributed by atoms with Crippen LogP contribution < -0.4 is 4.74 Å².